The van der Waals surface area contributed by atoms with Crippen LogP contribution < -0.4 is 15.4 Å². The molecular formula is C23H29N5O3. The first kappa shape index (κ1) is 21.1. The lowest BCUT2D eigenvalue weighted by Crippen LogP contribution is -2.47. The maximum absolute atomic E-state index is 12.9. The van der Waals surface area contributed by atoms with Crippen LogP contribution in [0.5, 0.6) is 5.75 Å². The number of primary amides is 1. The van der Waals surface area contributed by atoms with Gasteiger partial charge in [0.2, 0.25) is 11.8 Å². The van der Waals surface area contributed by atoms with Crippen LogP contribution in [0.1, 0.15) is 25.7 Å². The minimum absolute atomic E-state index is 0.0298. The second-order valence-corrected chi connectivity index (χ2v) is 8.24. The molecule has 2 fully saturated rings. The van der Waals surface area contributed by atoms with Gasteiger partial charge in [-0.05, 0) is 49.9 Å². The molecule has 164 valence electrons. The predicted molar refractivity (Wildman–Crippen MR) is 117 cm³/mol. The fourth-order valence-corrected chi connectivity index (χ4v) is 4.49. The summed E-state index contributed by atoms with van der Waals surface area (Å²) in [6.45, 7) is 2.80. The van der Waals surface area contributed by atoms with Crippen molar-refractivity contribution in [1.29, 1.82) is 0 Å². The van der Waals surface area contributed by atoms with Gasteiger partial charge in [0.15, 0.2) is 5.82 Å². The molecule has 2 saturated heterocycles. The number of rotatable bonds is 5. The molecule has 0 unspecified atom stereocenters. The maximum atomic E-state index is 12.9. The number of carbonyl (C=O) groups excluding carboxylic acids is 2. The van der Waals surface area contributed by atoms with E-state index in [1.165, 1.54) is 0 Å². The summed E-state index contributed by atoms with van der Waals surface area (Å²) in [4.78, 5) is 28.3. The predicted octanol–water partition coefficient (Wildman–Crippen LogP) is 2.09. The van der Waals surface area contributed by atoms with E-state index >= 15 is 0 Å². The van der Waals surface area contributed by atoms with Crippen LogP contribution in [0.15, 0.2) is 36.4 Å². The number of methoxy groups -OCH3 is 1. The van der Waals surface area contributed by atoms with E-state index in [0.717, 1.165) is 48.8 Å². The third-order valence-corrected chi connectivity index (χ3v) is 6.41. The lowest BCUT2D eigenvalue weighted by atomic mass is 9.92. The quantitative estimate of drug-likeness (QED) is 0.790. The molecular weight excluding hydrogens is 394 g/mol. The molecule has 0 radical (unpaired) electrons. The third-order valence-electron chi connectivity index (χ3n) is 6.41. The number of nitrogens with zero attached hydrogens (tertiary/aromatic N) is 4. The number of ether oxygens (including phenoxy) is 1. The van der Waals surface area contributed by atoms with Crippen molar-refractivity contribution >= 4 is 17.6 Å². The Morgan fingerprint density at radius 2 is 1.61 bits per heavy atom. The SMILES string of the molecule is COc1ccccc1-c1ccc(N2CCC(C(=O)N3CCC(C(N)=O)CC3)CC2)nn1. The van der Waals surface area contributed by atoms with Gasteiger partial charge in [-0.1, -0.05) is 12.1 Å². The highest BCUT2D eigenvalue weighted by atomic mass is 16.5. The molecule has 1 aromatic carbocycles. The van der Waals surface area contributed by atoms with Crippen molar-refractivity contribution in [2.75, 3.05) is 38.2 Å². The maximum Gasteiger partial charge on any atom is 0.225 e. The number of piperidine rings is 2. The van der Waals surface area contributed by atoms with Gasteiger partial charge in [0.1, 0.15) is 5.75 Å². The van der Waals surface area contributed by atoms with Crippen molar-refractivity contribution < 1.29 is 14.3 Å². The molecule has 31 heavy (non-hydrogen) atoms. The number of amides is 2. The van der Waals surface area contributed by atoms with Gasteiger partial charge in [-0.3, -0.25) is 9.59 Å². The van der Waals surface area contributed by atoms with E-state index in [4.69, 9.17) is 10.5 Å². The topological polar surface area (TPSA) is 102 Å². The summed E-state index contributed by atoms with van der Waals surface area (Å²) in [5.41, 5.74) is 7.07. The second kappa shape index (κ2) is 9.32. The molecule has 0 saturated carbocycles. The summed E-state index contributed by atoms with van der Waals surface area (Å²) in [5.74, 6) is 1.49. The zero-order valence-corrected chi connectivity index (χ0v) is 17.9. The number of likely N-dealkylation sites (tertiary alicyclic amines) is 1. The molecule has 0 bridgehead atoms. The van der Waals surface area contributed by atoms with Gasteiger partial charge < -0.3 is 20.3 Å². The summed E-state index contributed by atoms with van der Waals surface area (Å²) in [5, 5.41) is 8.82. The van der Waals surface area contributed by atoms with Crippen LogP contribution in [-0.4, -0.2) is 60.2 Å². The fraction of sp³-hybridized carbons (Fsp3) is 0.478. The molecule has 2 aromatic rings. The Morgan fingerprint density at radius 1 is 0.935 bits per heavy atom. The Kier molecular flexibility index (Phi) is 6.34. The molecule has 4 rings (SSSR count). The van der Waals surface area contributed by atoms with Crippen molar-refractivity contribution in [1.82, 2.24) is 15.1 Å². The highest BCUT2D eigenvalue weighted by Gasteiger charge is 2.32. The molecule has 2 amide bonds. The molecule has 0 spiro atoms. The minimum atomic E-state index is -0.252. The van der Waals surface area contributed by atoms with Crippen LogP contribution in [0.3, 0.4) is 0 Å². The molecule has 0 aliphatic carbocycles. The lowest BCUT2D eigenvalue weighted by Gasteiger charge is -2.37. The van der Waals surface area contributed by atoms with Gasteiger partial charge in [0.05, 0.1) is 12.8 Å². The molecule has 8 heteroatoms. The number of hydrogen-bond acceptors (Lipinski definition) is 6. The monoisotopic (exact) mass is 423 g/mol. The van der Waals surface area contributed by atoms with Crippen molar-refractivity contribution in [3.05, 3.63) is 36.4 Å². The third kappa shape index (κ3) is 4.62. The number of para-hydroxylation sites is 1. The number of benzene rings is 1. The Bertz CT molecular complexity index is 917. The fourth-order valence-electron chi connectivity index (χ4n) is 4.49. The molecule has 8 nitrogen and oxygen atoms in total. The van der Waals surface area contributed by atoms with Crippen molar-refractivity contribution in [3.63, 3.8) is 0 Å². The van der Waals surface area contributed by atoms with Crippen LogP contribution in [0.2, 0.25) is 0 Å². The van der Waals surface area contributed by atoms with E-state index in [0.29, 0.717) is 25.9 Å². The minimum Gasteiger partial charge on any atom is -0.496 e. The zero-order chi connectivity index (χ0) is 21.8. The molecule has 2 N–H and O–H groups in total. The average molecular weight is 424 g/mol. The lowest BCUT2D eigenvalue weighted by molar-refractivity contribution is -0.139. The van der Waals surface area contributed by atoms with Gasteiger partial charge in [-0.2, -0.15) is 0 Å². The van der Waals surface area contributed by atoms with Gasteiger partial charge in [-0.25, -0.2) is 0 Å². The average Bonchev–Trinajstić information content (AvgIpc) is 2.84. The highest BCUT2D eigenvalue weighted by molar-refractivity contribution is 5.80. The Morgan fingerprint density at radius 3 is 2.23 bits per heavy atom. The summed E-state index contributed by atoms with van der Waals surface area (Å²) < 4.78 is 5.41. The number of anilines is 1. The number of nitrogens with two attached hydrogens (primary N) is 1. The standard InChI is InChI=1S/C23H29N5O3/c1-31-20-5-3-2-4-18(20)19-6-7-21(26-25-19)27-12-10-17(11-13-27)23(30)28-14-8-16(9-15-28)22(24)29/h2-7,16-17H,8-15H2,1H3,(H2,24,29). The molecule has 2 aliphatic heterocycles. The Labute approximate surface area is 182 Å². The van der Waals surface area contributed by atoms with E-state index in [9.17, 15) is 9.59 Å². The van der Waals surface area contributed by atoms with E-state index in [2.05, 4.69) is 15.1 Å². The first-order chi connectivity index (χ1) is 15.1. The first-order valence-electron chi connectivity index (χ1n) is 10.9. The van der Waals surface area contributed by atoms with Gasteiger partial charge in [0, 0.05) is 43.6 Å². The summed E-state index contributed by atoms with van der Waals surface area (Å²) in [6.07, 6.45) is 2.94. The second-order valence-electron chi connectivity index (χ2n) is 8.24. The van der Waals surface area contributed by atoms with Crippen LogP contribution >= 0.6 is 0 Å². The summed E-state index contributed by atoms with van der Waals surface area (Å²) >= 11 is 0. The van der Waals surface area contributed by atoms with Crippen molar-refractivity contribution in [2.45, 2.75) is 25.7 Å². The molecule has 3 heterocycles. The van der Waals surface area contributed by atoms with E-state index in [-0.39, 0.29) is 23.7 Å². The number of hydrogen-bond donors (Lipinski definition) is 1. The zero-order valence-electron chi connectivity index (χ0n) is 17.9. The van der Waals surface area contributed by atoms with Gasteiger partial charge >= 0.3 is 0 Å². The molecule has 0 atom stereocenters. The van der Waals surface area contributed by atoms with Crippen molar-refractivity contribution in [3.8, 4) is 17.0 Å². The van der Waals surface area contributed by atoms with E-state index < -0.39 is 0 Å². The molecule has 1 aromatic heterocycles. The van der Waals surface area contributed by atoms with Crippen LogP contribution in [0.4, 0.5) is 5.82 Å². The van der Waals surface area contributed by atoms with E-state index in [1.54, 1.807) is 7.11 Å². The summed E-state index contributed by atoms with van der Waals surface area (Å²) in [7, 11) is 1.64. The van der Waals surface area contributed by atoms with Crippen LogP contribution in [0, 0.1) is 11.8 Å². The summed E-state index contributed by atoms with van der Waals surface area (Å²) in [6, 6.07) is 11.7. The largest absolute Gasteiger partial charge is 0.496 e. The Balaban J connectivity index is 1.33. The molecule has 2 aliphatic rings. The Hall–Kier alpha value is -3.16. The number of carbonyl (C=O) groups is 2. The van der Waals surface area contributed by atoms with Gasteiger partial charge in [0.25, 0.3) is 0 Å². The smallest absolute Gasteiger partial charge is 0.225 e. The van der Waals surface area contributed by atoms with Gasteiger partial charge in [-0.15, -0.1) is 10.2 Å². The normalized spacial score (nSPS) is 18.1. The van der Waals surface area contributed by atoms with E-state index in [1.807, 2.05) is 41.3 Å². The van der Waals surface area contributed by atoms with Crippen LogP contribution in [0.25, 0.3) is 11.3 Å². The number of aromatic nitrogens is 2. The highest BCUT2D eigenvalue weighted by Crippen LogP contribution is 2.29. The van der Waals surface area contributed by atoms with Crippen molar-refractivity contribution in [2.24, 2.45) is 17.6 Å². The van der Waals surface area contributed by atoms with Crippen LogP contribution in [-0.2, 0) is 9.59 Å². The first-order valence-corrected chi connectivity index (χ1v) is 10.9.